The van der Waals surface area contributed by atoms with Crippen LogP contribution in [0.2, 0.25) is 0 Å². The standard InChI is InChI=1S/C13H14O3/c14-5(15)2-13-10-4-1-3-6-7(4)11(13)9(6)12(16-13)8(3)10/h3-4,6-12H,1-2H2,(H,14,15)/t3-,4-,6+,7+,8+,9+,10-,11+,12-,13-/m0/s1. The van der Waals surface area contributed by atoms with Gasteiger partial charge in [-0.3, -0.25) is 4.79 Å². The van der Waals surface area contributed by atoms with Gasteiger partial charge in [0.05, 0.1) is 18.1 Å². The molecule has 0 radical (unpaired) electrons. The van der Waals surface area contributed by atoms with E-state index < -0.39 is 5.97 Å². The molecule has 5 saturated carbocycles. The molecule has 4 bridgehead atoms. The summed E-state index contributed by atoms with van der Waals surface area (Å²) in [5.74, 6) is 5.83. The van der Waals surface area contributed by atoms with Gasteiger partial charge in [-0.1, -0.05) is 0 Å². The third-order valence-corrected chi connectivity index (χ3v) is 7.29. The van der Waals surface area contributed by atoms with E-state index in [0.29, 0.717) is 17.9 Å². The van der Waals surface area contributed by atoms with Gasteiger partial charge < -0.3 is 9.84 Å². The first-order chi connectivity index (χ1) is 7.74. The lowest BCUT2D eigenvalue weighted by Gasteiger charge is -2.45. The van der Waals surface area contributed by atoms with Crippen molar-refractivity contribution >= 4 is 5.97 Å². The van der Waals surface area contributed by atoms with Crippen molar-refractivity contribution in [3.05, 3.63) is 0 Å². The molecule has 0 aromatic carbocycles. The summed E-state index contributed by atoms with van der Waals surface area (Å²) >= 11 is 0. The Hall–Kier alpha value is -0.570. The quantitative estimate of drug-likeness (QED) is 0.751. The topological polar surface area (TPSA) is 46.5 Å². The molecule has 5 aliphatic carbocycles. The van der Waals surface area contributed by atoms with Crippen LogP contribution in [0.3, 0.4) is 0 Å². The second kappa shape index (κ2) is 1.76. The van der Waals surface area contributed by atoms with Crippen molar-refractivity contribution in [1.29, 1.82) is 0 Å². The fourth-order valence-corrected chi connectivity index (χ4v) is 7.72. The van der Waals surface area contributed by atoms with Crippen LogP contribution in [-0.4, -0.2) is 22.8 Å². The van der Waals surface area contributed by atoms with E-state index in [0.717, 1.165) is 35.5 Å². The first kappa shape index (κ1) is 7.70. The number of hydrogen-bond donors (Lipinski definition) is 1. The van der Waals surface area contributed by atoms with E-state index in [2.05, 4.69) is 0 Å². The molecule has 7 aliphatic rings. The van der Waals surface area contributed by atoms with Gasteiger partial charge in [-0.25, -0.2) is 0 Å². The SMILES string of the molecule is O=C(O)C[C@@]12O[C@@H]3[C@@H]4[C@@H]5[C@@H]6C[C@@H]([C@H]5[C@H]41)[C@H]2[C@@H]63. The maximum absolute atomic E-state index is 11.1. The van der Waals surface area contributed by atoms with Crippen molar-refractivity contribution in [1.82, 2.24) is 0 Å². The van der Waals surface area contributed by atoms with Crippen LogP contribution in [0.4, 0.5) is 0 Å². The number of rotatable bonds is 2. The number of aliphatic carboxylic acids is 1. The molecule has 0 amide bonds. The zero-order valence-electron chi connectivity index (χ0n) is 8.87. The van der Waals surface area contributed by atoms with Gasteiger partial charge in [0.25, 0.3) is 0 Å². The predicted octanol–water partition coefficient (Wildman–Crippen LogP) is 0.986. The Morgan fingerprint density at radius 2 is 2.06 bits per heavy atom. The van der Waals surface area contributed by atoms with Gasteiger partial charge in [0.2, 0.25) is 0 Å². The minimum atomic E-state index is -0.645. The predicted molar refractivity (Wildman–Crippen MR) is 52.4 cm³/mol. The largest absolute Gasteiger partial charge is 0.481 e. The first-order valence-electron chi connectivity index (χ1n) is 6.64. The van der Waals surface area contributed by atoms with E-state index in [1.54, 1.807) is 0 Å². The number of ether oxygens (including phenoxy) is 1. The molecular weight excluding hydrogens is 204 g/mol. The van der Waals surface area contributed by atoms with Gasteiger partial charge in [0, 0.05) is 0 Å². The van der Waals surface area contributed by atoms with Crippen molar-refractivity contribution in [2.24, 2.45) is 47.3 Å². The smallest absolute Gasteiger partial charge is 0.306 e. The van der Waals surface area contributed by atoms with Crippen molar-refractivity contribution in [2.45, 2.75) is 24.5 Å². The van der Waals surface area contributed by atoms with Crippen LogP contribution in [0.15, 0.2) is 0 Å². The van der Waals surface area contributed by atoms with E-state index in [4.69, 9.17) is 4.74 Å². The number of carboxylic acids is 1. The summed E-state index contributed by atoms with van der Waals surface area (Å²) < 4.78 is 6.29. The maximum Gasteiger partial charge on any atom is 0.306 e. The highest BCUT2D eigenvalue weighted by Crippen LogP contribution is 2.90. The molecule has 0 aromatic rings. The molecule has 1 N–H and O–H groups in total. The van der Waals surface area contributed by atoms with E-state index in [9.17, 15) is 9.90 Å². The van der Waals surface area contributed by atoms with E-state index in [1.165, 1.54) is 6.42 Å². The summed E-state index contributed by atoms with van der Waals surface area (Å²) in [6.45, 7) is 0. The van der Waals surface area contributed by atoms with Crippen LogP contribution in [0, 0.1) is 47.3 Å². The Morgan fingerprint density at radius 3 is 2.88 bits per heavy atom. The number of carboxylic acid groups (broad SMARTS) is 1. The molecular formula is C13H14O3. The first-order valence-corrected chi connectivity index (χ1v) is 6.64. The highest BCUT2D eigenvalue weighted by Gasteiger charge is 2.92. The van der Waals surface area contributed by atoms with Crippen LogP contribution in [0.25, 0.3) is 0 Å². The van der Waals surface area contributed by atoms with E-state index >= 15 is 0 Å². The van der Waals surface area contributed by atoms with Crippen LogP contribution in [0.1, 0.15) is 12.8 Å². The van der Waals surface area contributed by atoms with E-state index in [-0.39, 0.29) is 12.0 Å². The fourth-order valence-electron chi connectivity index (χ4n) is 7.72. The van der Waals surface area contributed by atoms with Crippen molar-refractivity contribution in [3.8, 4) is 0 Å². The van der Waals surface area contributed by atoms with E-state index in [1.807, 2.05) is 0 Å². The second-order valence-electron chi connectivity index (χ2n) is 7.03. The molecule has 3 nitrogen and oxygen atoms in total. The number of carbonyl (C=O) groups is 1. The molecule has 3 heteroatoms. The van der Waals surface area contributed by atoms with Crippen LogP contribution < -0.4 is 0 Å². The molecule has 2 saturated heterocycles. The summed E-state index contributed by atoms with van der Waals surface area (Å²) in [6.07, 6.45) is 2.19. The molecule has 2 aliphatic heterocycles. The maximum atomic E-state index is 11.1. The fraction of sp³-hybridized carbons (Fsp3) is 0.923. The van der Waals surface area contributed by atoms with Crippen LogP contribution >= 0.6 is 0 Å². The highest BCUT2D eigenvalue weighted by atomic mass is 16.5. The van der Waals surface area contributed by atoms with Gasteiger partial charge in [0.1, 0.15) is 0 Å². The third kappa shape index (κ3) is 0.430. The summed E-state index contributed by atoms with van der Waals surface area (Å²) in [5.41, 5.74) is -0.192. The molecule has 84 valence electrons. The lowest BCUT2D eigenvalue weighted by atomic mass is 9.57. The minimum Gasteiger partial charge on any atom is -0.481 e. The molecule has 16 heavy (non-hydrogen) atoms. The van der Waals surface area contributed by atoms with Crippen molar-refractivity contribution in [3.63, 3.8) is 0 Å². The van der Waals surface area contributed by atoms with Gasteiger partial charge in [-0.15, -0.1) is 0 Å². The summed E-state index contributed by atoms with van der Waals surface area (Å²) in [5, 5.41) is 9.17. The number of hydrogen-bond acceptors (Lipinski definition) is 2. The Kier molecular flexibility index (Phi) is 0.848. The average Bonchev–Trinajstić information content (AvgIpc) is 2.73. The highest BCUT2D eigenvalue weighted by molar-refractivity contribution is 5.69. The monoisotopic (exact) mass is 218 g/mol. The Labute approximate surface area is 93.2 Å². The van der Waals surface area contributed by atoms with Gasteiger partial charge in [0.15, 0.2) is 0 Å². The van der Waals surface area contributed by atoms with Gasteiger partial charge in [-0.2, -0.15) is 0 Å². The van der Waals surface area contributed by atoms with Crippen molar-refractivity contribution in [2.75, 3.05) is 0 Å². The lowest BCUT2D eigenvalue weighted by molar-refractivity contribution is -0.145. The zero-order chi connectivity index (χ0) is 10.4. The molecule has 7 rings (SSSR count). The van der Waals surface area contributed by atoms with Crippen LogP contribution in [0.5, 0.6) is 0 Å². The van der Waals surface area contributed by atoms with Crippen LogP contribution in [-0.2, 0) is 9.53 Å². The third-order valence-electron chi connectivity index (χ3n) is 7.29. The summed E-state index contributed by atoms with van der Waals surface area (Å²) in [6, 6.07) is 0. The summed E-state index contributed by atoms with van der Waals surface area (Å²) in [4.78, 5) is 11.1. The molecule has 0 aromatic heterocycles. The Morgan fingerprint density at radius 1 is 1.19 bits per heavy atom. The Balaban J connectivity index is 1.62. The van der Waals surface area contributed by atoms with Gasteiger partial charge >= 0.3 is 5.97 Å². The van der Waals surface area contributed by atoms with Gasteiger partial charge in [-0.05, 0) is 53.8 Å². The Bertz CT molecular complexity index is 450. The molecule has 7 fully saturated rings. The molecule has 0 unspecified atom stereocenters. The average molecular weight is 218 g/mol. The molecule has 2 heterocycles. The molecule has 10 atom stereocenters. The summed E-state index contributed by atoms with van der Waals surface area (Å²) in [7, 11) is 0. The van der Waals surface area contributed by atoms with Crippen molar-refractivity contribution < 1.29 is 14.6 Å². The molecule has 0 spiro atoms. The minimum absolute atomic E-state index is 0.192. The second-order valence-corrected chi connectivity index (χ2v) is 7.03. The lowest BCUT2D eigenvalue weighted by Crippen LogP contribution is -2.49. The zero-order valence-corrected chi connectivity index (χ0v) is 8.87. The normalized spacial score (nSPS) is 77.9.